The highest BCUT2D eigenvalue weighted by atomic mass is 32.2. The molecule has 7 heteroatoms. The Morgan fingerprint density at radius 2 is 2.05 bits per heavy atom. The Hall–Kier alpha value is -0.950. The van der Waals surface area contributed by atoms with E-state index in [9.17, 15) is 9.59 Å². The zero-order chi connectivity index (χ0) is 15.2. The number of carboxylic acid groups (broad SMARTS) is 1. The second kappa shape index (κ2) is 7.89. The number of nitrogens with zero attached hydrogens (tertiary/aromatic N) is 2. The molecule has 6 nitrogen and oxygen atoms in total. The standard InChI is InChI=1S/C14H25N3O3S/c1-21-9-5-12(13(18)19)15-14(20)17-8-4-11(10-17)16-6-2-3-7-16/h11-12H,2-10H2,1H3,(H,15,20)(H,18,19)/t11?,12-/m1/s1. The van der Waals surface area contributed by atoms with Crippen LogP contribution >= 0.6 is 11.8 Å². The summed E-state index contributed by atoms with van der Waals surface area (Å²) >= 11 is 1.59. The van der Waals surface area contributed by atoms with Gasteiger partial charge in [-0.15, -0.1) is 0 Å². The van der Waals surface area contributed by atoms with E-state index in [1.54, 1.807) is 16.7 Å². The first-order valence-electron chi connectivity index (χ1n) is 7.63. The van der Waals surface area contributed by atoms with E-state index < -0.39 is 12.0 Å². The summed E-state index contributed by atoms with van der Waals surface area (Å²) in [4.78, 5) is 27.6. The Morgan fingerprint density at radius 1 is 1.33 bits per heavy atom. The van der Waals surface area contributed by atoms with Gasteiger partial charge in [-0.05, 0) is 50.8 Å². The van der Waals surface area contributed by atoms with E-state index in [1.165, 1.54) is 12.8 Å². The number of rotatable bonds is 6. The van der Waals surface area contributed by atoms with Crippen molar-refractivity contribution >= 4 is 23.8 Å². The van der Waals surface area contributed by atoms with Gasteiger partial charge in [0.2, 0.25) is 0 Å². The third-order valence-corrected chi connectivity index (χ3v) is 4.96. The van der Waals surface area contributed by atoms with Gasteiger partial charge in [-0.2, -0.15) is 11.8 Å². The fraction of sp³-hybridized carbons (Fsp3) is 0.857. The lowest BCUT2D eigenvalue weighted by molar-refractivity contribution is -0.139. The van der Waals surface area contributed by atoms with Crippen LogP contribution in [0.4, 0.5) is 4.79 Å². The van der Waals surface area contributed by atoms with E-state index in [1.807, 2.05) is 6.26 Å². The van der Waals surface area contributed by atoms with Crippen molar-refractivity contribution in [1.82, 2.24) is 15.1 Å². The summed E-state index contributed by atoms with van der Waals surface area (Å²) < 4.78 is 0. The van der Waals surface area contributed by atoms with E-state index in [0.29, 0.717) is 12.5 Å². The van der Waals surface area contributed by atoms with Crippen molar-refractivity contribution in [3.63, 3.8) is 0 Å². The summed E-state index contributed by atoms with van der Waals surface area (Å²) in [6, 6.07) is -0.561. The van der Waals surface area contributed by atoms with Gasteiger partial charge in [-0.25, -0.2) is 9.59 Å². The predicted octanol–water partition coefficient (Wildman–Crippen LogP) is 1.07. The van der Waals surface area contributed by atoms with Crippen LogP contribution in [0.25, 0.3) is 0 Å². The van der Waals surface area contributed by atoms with Crippen molar-refractivity contribution in [2.45, 2.75) is 37.8 Å². The Balaban J connectivity index is 1.81. The second-order valence-corrected chi connectivity index (χ2v) is 6.74. The van der Waals surface area contributed by atoms with E-state index in [0.717, 1.165) is 38.4 Å². The van der Waals surface area contributed by atoms with Crippen molar-refractivity contribution in [3.8, 4) is 0 Å². The quantitative estimate of drug-likeness (QED) is 0.767. The molecule has 0 spiro atoms. The van der Waals surface area contributed by atoms with Gasteiger partial charge in [0.25, 0.3) is 0 Å². The summed E-state index contributed by atoms with van der Waals surface area (Å²) in [6.07, 6.45) is 5.89. The smallest absolute Gasteiger partial charge is 0.326 e. The van der Waals surface area contributed by atoms with Crippen LogP contribution in [0.2, 0.25) is 0 Å². The minimum atomic E-state index is -0.951. The maximum Gasteiger partial charge on any atom is 0.326 e. The molecule has 2 rings (SSSR count). The van der Waals surface area contributed by atoms with Crippen molar-refractivity contribution in [2.24, 2.45) is 0 Å². The number of likely N-dealkylation sites (tertiary alicyclic amines) is 2. The van der Waals surface area contributed by atoms with E-state index >= 15 is 0 Å². The minimum Gasteiger partial charge on any atom is -0.480 e. The van der Waals surface area contributed by atoms with Crippen molar-refractivity contribution < 1.29 is 14.7 Å². The highest BCUT2D eigenvalue weighted by Gasteiger charge is 2.32. The molecule has 2 saturated heterocycles. The lowest BCUT2D eigenvalue weighted by atomic mass is 10.2. The van der Waals surface area contributed by atoms with Gasteiger partial charge < -0.3 is 15.3 Å². The zero-order valence-electron chi connectivity index (χ0n) is 12.6. The van der Waals surface area contributed by atoms with Gasteiger partial charge in [-0.1, -0.05) is 0 Å². The molecule has 2 aliphatic rings. The number of amides is 2. The summed E-state index contributed by atoms with van der Waals surface area (Å²) in [7, 11) is 0. The van der Waals surface area contributed by atoms with Gasteiger partial charge in [0.05, 0.1) is 0 Å². The monoisotopic (exact) mass is 315 g/mol. The molecule has 0 radical (unpaired) electrons. The lowest BCUT2D eigenvalue weighted by Gasteiger charge is -2.24. The van der Waals surface area contributed by atoms with Crippen LogP contribution in [-0.2, 0) is 4.79 Å². The van der Waals surface area contributed by atoms with Crippen LogP contribution in [-0.4, -0.2) is 77.2 Å². The van der Waals surface area contributed by atoms with Crippen molar-refractivity contribution in [1.29, 1.82) is 0 Å². The second-order valence-electron chi connectivity index (χ2n) is 5.75. The molecular weight excluding hydrogens is 290 g/mol. The maximum atomic E-state index is 12.2. The summed E-state index contributed by atoms with van der Waals surface area (Å²) in [5, 5.41) is 11.8. The van der Waals surface area contributed by atoms with Crippen LogP contribution in [0.5, 0.6) is 0 Å². The van der Waals surface area contributed by atoms with E-state index in [2.05, 4.69) is 10.2 Å². The molecule has 21 heavy (non-hydrogen) atoms. The summed E-state index contributed by atoms with van der Waals surface area (Å²) in [6.45, 7) is 3.71. The van der Waals surface area contributed by atoms with Crippen LogP contribution in [0.1, 0.15) is 25.7 Å². The molecule has 0 bridgehead atoms. The lowest BCUT2D eigenvalue weighted by Crippen LogP contribution is -2.48. The third kappa shape index (κ3) is 4.51. The molecule has 2 heterocycles. The molecule has 2 amide bonds. The largest absolute Gasteiger partial charge is 0.480 e. The number of thioether (sulfide) groups is 1. The average Bonchev–Trinajstić information content (AvgIpc) is 3.12. The molecule has 0 aromatic heterocycles. The highest BCUT2D eigenvalue weighted by molar-refractivity contribution is 7.98. The average molecular weight is 315 g/mol. The molecule has 2 atom stereocenters. The maximum absolute atomic E-state index is 12.2. The van der Waals surface area contributed by atoms with Crippen LogP contribution in [0.3, 0.4) is 0 Å². The van der Waals surface area contributed by atoms with Gasteiger partial charge in [0.15, 0.2) is 0 Å². The van der Waals surface area contributed by atoms with Crippen LogP contribution in [0.15, 0.2) is 0 Å². The van der Waals surface area contributed by atoms with Gasteiger partial charge in [-0.3, -0.25) is 4.90 Å². The molecule has 0 aromatic carbocycles. The Kier molecular flexibility index (Phi) is 6.17. The first kappa shape index (κ1) is 16.4. The fourth-order valence-corrected chi connectivity index (χ4v) is 3.54. The third-order valence-electron chi connectivity index (χ3n) is 4.31. The van der Waals surface area contributed by atoms with E-state index in [4.69, 9.17) is 5.11 Å². The number of hydrogen-bond donors (Lipinski definition) is 2. The molecular formula is C14H25N3O3S. The Bertz CT molecular complexity index is 374. The minimum absolute atomic E-state index is 0.231. The molecule has 0 aromatic rings. The highest BCUT2D eigenvalue weighted by Crippen LogP contribution is 2.20. The van der Waals surface area contributed by atoms with Crippen molar-refractivity contribution in [3.05, 3.63) is 0 Å². The topological polar surface area (TPSA) is 72.9 Å². The fourth-order valence-electron chi connectivity index (χ4n) is 3.06. The normalized spacial score (nSPS) is 24.2. The number of nitrogens with one attached hydrogen (secondary N) is 1. The van der Waals surface area contributed by atoms with Crippen LogP contribution in [0, 0.1) is 0 Å². The van der Waals surface area contributed by atoms with Gasteiger partial charge in [0, 0.05) is 19.1 Å². The Labute approximate surface area is 130 Å². The number of hydrogen-bond acceptors (Lipinski definition) is 4. The number of urea groups is 1. The summed E-state index contributed by atoms with van der Waals surface area (Å²) in [5.41, 5.74) is 0. The molecule has 2 N–H and O–H groups in total. The molecule has 120 valence electrons. The number of carbonyl (C=O) groups excluding carboxylic acids is 1. The van der Waals surface area contributed by atoms with Gasteiger partial charge >= 0.3 is 12.0 Å². The SMILES string of the molecule is CSCC[C@@H](NC(=O)N1CCC(N2CCCC2)C1)C(=O)O. The molecule has 0 saturated carbocycles. The van der Waals surface area contributed by atoms with Gasteiger partial charge in [0.1, 0.15) is 6.04 Å². The molecule has 0 aliphatic carbocycles. The first-order valence-corrected chi connectivity index (χ1v) is 9.02. The zero-order valence-corrected chi connectivity index (χ0v) is 13.4. The predicted molar refractivity (Wildman–Crippen MR) is 83.7 cm³/mol. The first-order chi connectivity index (χ1) is 10.1. The number of carbonyl (C=O) groups is 2. The van der Waals surface area contributed by atoms with Crippen LogP contribution < -0.4 is 5.32 Å². The molecule has 1 unspecified atom stereocenters. The number of carboxylic acids is 1. The van der Waals surface area contributed by atoms with Crippen molar-refractivity contribution in [2.75, 3.05) is 38.2 Å². The molecule has 2 aliphatic heterocycles. The molecule has 2 fully saturated rings. The van der Waals surface area contributed by atoms with E-state index in [-0.39, 0.29) is 6.03 Å². The number of aliphatic carboxylic acids is 1. The Morgan fingerprint density at radius 3 is 2.67 bits per heavy atom. The summed E-state index contributed by atoms with van der Waals surface area (Å²) in [5.74, 6) is -0.221.